The van der Waals surface area contributed by atoms with Gasteiger partial charge in [-0.25, -0.2) is 4.39 Å². The Hall–Kier alpha value is -3.06. The van der Waals surface area contributed by atoms with Crippen LogP contribution in [0.15, 0.2) is 48.5 Å². The Balaban J connectivity index is 2.00. The number of amides is 1. The minimum Gasteiger partial charge on any atom is -0.356 e. The molecule has 0 saturated heterocycles. The van der Waals surface area contributed by atoms with Crippen LogP contribution in [0.2, 0.25) is 0 Å². The average Bonchev–Trinajstić information content (AvgIpc) is 3.11. The molecule has 0 bridgehead atoms. The number of rotatable bonds is 4. The Labute approximate surface area is 170 Å². The molecule has 3 aromatic rings. The number of benzene rings is 2. The van der Waals surface area contributed by atoms with Crippen molar-refractivity contribution < 1.29 is 9.18 Å². The van der Waals surface area contributed by atoms with Crippen LogP contribution in [0.1, 0.15) is 49.9 Å². The Morgan fingerprint density at radius 3 is 2.69 bits per heavy atom. The summed E-state index contributed by atoms with van der Waals surface area (Å²) in [5.74, 6) is 1.71. The van der Waals surface area contributed by atoms with E-state index in [0.29, 0.717) is 0 Å². The second-order valence-electron chi connectivity index (χ2n) is 7.92. The van der Waals surface area contributed by atoms with E-state index in [0.717, 1.165) is 42.5 Å². The lowest BCUT2D eigenvalue weighted by atomic mass is 9.77. The van der Waals surface area contributed by atoms with Gasteiger partial charge in [-0.2, -0.15) is 0 Å². The molecule has 2 heterocycles. The van der Waals surface area contributed by atoms with Gasteiger partial charge < -0.3 is 9.88 Å². The first-order valence-electron chi connectivity index (χ1n) is 10.2. The third-order valence-corrected chi connectivity index (χ3v) is 6.23. The topological polar surface area (TPSA) is 36.1 Å². The minimum atomic E-state index is -0.803. The first-order valence-corrected chi connectivity index (χ1v) is 10.2. The number of aromatic amines is 1. The van der Waals surface area contributed by atoms with Gasteiger partial charge in [0.25, 0.3) is 5.91 Å². The predicted octanol–water partition coefficient (Wildman–Crippen LogP) is 5.15. The summed E-state index contributed by atoms with van der Waals surface area (Å²) in [4.78, 5) is 18.4. The summed E-state index contributed by atoms with van der Waals surface area (Å²) >= 11 is 0. The minimum absolute atomic E-state index is 0.0136. The zero-order valence-corrected chi connectivity index (χ0v) is 16.8. The Kier molecular flexibility index (Phi) is 4.92. The highest BCUT2D eigenvalue weighted by molar-refractivity contribution is 5.95. The lowest BCUT2D eigenvalue weighted by Crippen LogP contribution is -2.57. The standard InChI is InChI=1S/C25H25FN2O/c1-4-6-9-19-16-21-20-10-7-8-11-22(20)27-24(21)25(3,28(19)23(29)5-2)17-12-14-18(26)15-13-17/h2,7-8,10-15,19,27H,4,6,9,16H2,1,3H3/t19-,25-/m0/s1. The van der Waals surface area contributed by atoms with E-state index in [2.05, 4.69) is 23.9 Å². The number of carbonyl (C=O) groups excluding carboxylic acids is 1. The molecule has 29 heavy (non-hydrogen) atoms. The van der Waals surface area contributed by atoms with E-state index in [1.54, 1.807) is 12.1 Å². The number of unbranched alkanes of at least 4 members (excludes halogenated alkanes) is 1. The molecule has 1 N–H and O–H groups in total. The maximum Gasteiger partial charge on any atom is 0.299 e. The van der Waals surface area contributed by atoms with Crippen LogP contribution in [0.3, 0.4) is 0 Å². The van der Waals surface area contributed by atoms with E-state index in [1.807, 2.05) is 30.0 Å². The van der Waals surface area contributed by atoms with Crippen LogP contribution in [-0.2, 0) is 16.8 Å². The number of aromatic nitrogens is 1. The smallest absolute Gasteiger partial charge is 0.299 e. The van der Waals surface area contributed by atoms with Gasteiger partial charge in [0.1, 0.15) is 11.4 Å². The molecule has 0 fully saturated rings. The number of fused-ring (bicyclic) bond motifs is 3. The van der Waals surface area contributed by atoms with Gasteiger partial charge in [0, 0.05) is 22.6 Å². The third-order valence-electron chi connectivity index (χ3n) is 6.23. The quantitative estimate of drug-likeness (QED) is 0.617. The van der Waals surface area contributed by atoms with Gasteiger partial charge in [-0.05, 0) is 55.0 Å². The first-order chi connectivity index (χ1) is 14.0. The number of nitrogens with one attached hydrogen (secondary N) is 1. The molecule has 1 amide bonds. The molecule has 0 spiro atoms. The molecular formula is C25H25FN2O. The van der Waals surface area contributed by atoms with Crippen molar-refractivity contribution >= 4 is 16.8 Å². The fourth-order valence-corrected chi connectivity index (χ4v) is 4.81. The second kappa shape index (κ2) is 7.40. The molecule has 0 radical (unpaired) electrons. The Morgan fingerprint density at radius 1 is 1.28 bits per heavy atom. The highest BCUT2D eigenvalue weighted by Crippen LogP contribution is 2.46. The maximum absolute atomic E-state index is 13.7. The van der Waals surface area contributed by atoms with E-state index in [4.69, 9.17) is 6.42 Å². The molecule has 0 saturated carbocycles. The van der Waals surface area contributed by atoms with Crippen LogP contribution in [-0.4, -0.2) is 21.8 Å². The van der Waals surface area contributed by atoms with Crippen molar-refractivity contribution in [2.75, 3.05) is 0 Å². The summed E-state index contributed by atoms with van der Waals surface area (Å²) in [7, 11) is 0. The highest BCUT2D eigenvalue weighted by atomic mass is 19.1. The van der Waals surface area contributed by atoms with Crippen molar-refractivity contribution in [1.29, 1.82) is 0 Å². The van der Waals surface area contributed by atoms with Crippen molar-refractivity contribution in [3.63, 3.8) is 0 Å². The zero-order chi connectivity index (χ0) is 20.6. The van der Waals surface area contributed by atoms with E-state index in [9.17, 15) is 9.18 Å². The maximum atomic E-state index is 13.7. The fraction of sp³-hybridized carbons (Fsp3) is 0.320. The molecule has 3 nitrogen and oxygen atoms in total. The Morgan fingerprint density at radius 2 is 2.00 bits per heavy atom. The third kappa shape index (κ3) is 3.02. The van der Waals surface area contributed by atoms with Gasteiger partial charge in [0.15, 0.2) is 0 Å². The number of hydrogen-bond acceptors (Lipinski definition) is 1. The van der Waals surface area contributed by atoms with Crippen LogP contribution < -0.4 is 0 Å². The molecule has 0 unspecified atom stereocenters. The number of nitrogens with zero attached hydrogens (tertiary/aromatic N) is 1. The van der Waals surface area contributed by atoms with Gasteiger partial charge in [0.2, 0.25) is 0 Å². The number of terminal acetylenes is 1. The molecule has 1 aromatic heterocycles. The van der Waals surface area contributed by atoms with E-state index in [-0.39, 0.29) is 17.8 Å². The van der Waals surface area contributed by atoms with Crippen molar-refractivity contribution in [3.05, 3.63) is 71.2 Å². The molecule has 1 aliphatic rings. The van der Waals surface area contributed by atoms with Crippen LogP contribution in [0.5, 0.6) is 0 Å². The summed E-state index contributed by atoms with van der Waals surface area (Å²) in [5.41, 5.74) is 3.25. The van der Waals surface area contributed by atoms with E-state index in [1.165, 1.54) is 23.1 Å². The molecule has 2 aromatic carbocycles. The predicted molar refractivity (Wildman–Crippen MR) is 114 cm³/mol. The van der Waals surface area contributed by atoms with Crippen LogP contribution in [0.25, 0.3) is 10.9 Å². The average molecular weight is 388 g/mol. The molecule has 2 atom stereocenters. The summed E-state index contributed by atoms with van der Waals surface area (Å²) in [6.45, 7) is 4.16. The van der Waals surface area contributed by atoms with E-state index >= 15 is 0 Å². The van der Waals surface area contributed by atoms with E-state index < -0.39 is 5.54 Å². The first kappa shape index (κ1) is 19.3. The van der Waals surface area contributed by atoms with Gasteiger partial charge in [-0.1, -0.05) is 50.1 Å². The summed E-state index contributed by atoms with van der Waals surface area (Å²) in [6, 6.07) is 14.6. The molecule has 1 aliphatic heterocycles. The molecular weight excluding hydrogens is 363 g/mol. The number of carbonyl (C=O) groups is 1. The number of H-pyrrole nitrogens is 1. The van der Waals surface area contributed by atoms with Crippen molar-refractivity contribution in [3.8, 4) is 12.3 Å². The number of halogens is 1. The lowest BCUT2D eigenvalue weighted by Gasteiger charge is -2.49. The fourth-order valence-electron chi connectivity index (χ4n) is 4.81. The van der Waals surface area contributed by atoms with Gasteiger partial charge in [-0.3, -0.25) is 4.79 Å². The van der Waals surface area contributed by atoms with Crippen molar-refractivity contribution in [2.45, 2.75) is 51.1 Å². The molecule has 0 aliphatic carbocycles. The number of hydrogen-bond donors (Lipinski definition) is 1. The SMILES string of the molecule is C#CC(=O)N1[C@@H](CCCC)Cc2c([nH]c3ccccc23)[C@]1(C)c1ccc(F)cc1. The Bertz CT molecular complexity index is 1090. The van der Waals surface area contributed by atoms with Crippen molar-refractivity contribution in [2.24, 2.45) is 0 Å². The normalized spacial score (nSPS) is 21.0. The highest BCUT2D eigenvalue weighted by Gasteiger charge is 2.48. The molecule has 148 valence electrons. The van der Waals surface area contributed by atoms with Crippen LogP contribution >= 0.6 is 0 Å². The van der Waals surface area contributed by atoms with Crippen molar-refractivity contribution in [1.82, 2.24) is 9.88 Å². The van der Waals surface area contributed by atoms with Crippen LogP contribution in [0, 0.1) is 18.2 Å². The van der Waals surface area contributed by atoms with Gasteiger partial charge in [-0.15, -0.1) is 6.42 Å². The number of para-hydroxylation sites is 1. The molecule has 4 rings (SSSR count). The second-order valence-corrected chi connectivity index (χ2v) is 7.92. The zero-order valence-electron chi connectivity index (χ0n) is 16.8. The van der Waals surface area contributed by atoms with Crippen LogP contribution in [0.4, 0.5) is 4.39 Å². The van der Waals surface area contributed by atoms with Gasteiger partial charge >= 0.3 is 0 Å². The lowest BCUT2D eigenvalue weighted by molar-refractivity contribution is -0.134. The summed E-state index contributed by atoms with van der Waals surface area (Å²) in [6.07, 6.45) is 9.28. The van der Waals surface area contributed by atoms with Gasteiger partial charge in [0.05, 0.1) is 0 Å². The largest absolute Gasteiger partial charge is 0.356 e. The monoisotopic (exact) mass is 388 g/mol. The summed E-state index contributed by atoms with van der Waals surface area (Å²) in [5, 5.41) is 1.17. The molecule has 4 heteroatoms. The summed E-state index contributed by atoms with van der Waals surface area (Å²) < 4.78 is 13.7.